The van der Waals surface area contributed by atoms with Crippen molar-refractivity contribution in [3.63, 3.8) is 0 Å². The molecular formula is C19H24O4. The van der Waals surface area contributed by atoms with Gasteiger partial charge in [0.1, 0.15) is 0 Å². The molecule has 0 radical (unpaired) electrons. The summed E-state index contributed by atoms with van der Waals surface area (Å²) < 4.78 is 10.3. The van der Waals surface area contributed by atoms with Crippen molar-refractivity contribution < 1.29 is 19.1 Å². The maximum atomic E-state index is 12.5. The lowest BCUT2D eigenvalue weighted by Crippen LogP contribution is -2.42. The van der Waals surface area contributed by atoms with Gasteiger partial charge in [0, 0.05) is 0 Å². The van der Waals surface area contributed by atoms with Gasteiger partial charge >= 0.3 is 11.9 Å². The van der Waals surface area contributed by atoms with Gasteiger partial charge in [0.25, 0.3) is 0 Å². The Balaban J connectivity index is 3.19. The van der Waals surface area contributed by atoms with Gasteiger partial charge in [-0.3, -0.25) is 9.59 Å². The van der Waals surface area contributed by atoms with Crippen LogP contribution in [0.1, 0.15) is 32.3 Å². The molecule has 0 fully saturated rings. The summed E-state index contributed by atoms with van der Waals surface area (Å²) in [5, 5.41) is 0. The smallest absolute Gasteiger partial charge is 0.324 e. The molecule has 0 aliphatic heterocycles. The van der Waals surface area contributed by atoms with Gasteiger partial charge in [-0.25, -0.2) is 0 Å². The number of hydrogen-bond acceptors (Lipinski definition) is 4. The molecule has 0 aliphatic carbocycles. The Morgan fingerprint density at radius 2 is 1.61 bits per heavy atom. The van der Waals surface area contributed by atoms with Crippen LogP contribution in [0.4, 0.5) is 0 Å². The lowest BCUT2D eigenvalue weighted by molar-refractivity contribution is -0.171. The van der Waals surface area contributed by atoms with Crippen molar-refractivity contribution in [1.29, 1.82) is 0 Å². The molecule has 0 amide bonds. The molecule has 1 aromatic rings. The third-order valence-electron chi connectivity index (χ3n) is 3.52. The standard InChI is InChI=1S/C19H24O4/c1-5-13-19(17(20)22-6-2,18(21)23-7-3)14-15(4)16-11-9-8-10-12-16/h5,8-12H,1,4,6-7,13-14H2,2-3H3. The molecule has 0 heterocycles. The monoisotopic (exact) mass is 316 g/mol. The average Bonchev–Trinajstić information content (AvgIpc) is 2.55. The van der Waals surface area contributed by atoms with Crippen molar-refractivity contribution in [1.82, 2.24) is 0 Å². The summed E-state index contributed by atoms with van der Waals surface area (Å²) in [4.78, 5) is 25.1. The Bertz CT molecular complexity index is 542. The molecule has 0 aliphatic rings. The Labute approximate surface area is 137 Å². The molecule has 4 nitrogen and oxygen atoms in total. The molecule has 124 valence electrons. The highest BCUT2D eigenvalue weighted by molar-refractivity contribution is 6.02. The van der Waals surface area contributed by atoms with Gasteiger partial charge in [0.15, 0.2) is 5.41 Å². The molecule has 0 N–H and O–H groups in total. The lowest BCUT2D eigenvalue weighted by atomic mass is 9.77. The van der Waals surface area contributed by atoms with Gasteiger partial charge in [0.05, 0.1) is 13.2 Å². The maximum Gasteiger partial charge on any atom is 0.324 e. The molecule has 0 bridgehead atoms. The number of ether oxygens (including phenoxy) is 2. The van der Waals surface area contributed by atoms with Crippen molar-refractivity contribution in [2.45, 2.75) is 26.7 Å². The predicted molar refractivity (Wildman–Crippen MR) is 90.6 cm³/mol. The normalized spacial score (nSPS) is 10.7. The Morgan fingerprint density at radius 1 is 1.09 bits per heavy atom. The van der Waals surface area contributed by atoms with Crippen LogP contribution in [0.3, 0.4) is 0 Å². The number of rotatable bonds is 9. The summed E-state index contributed by atoms with van der Waals surface area (Å²) in [6, 6.07) is 9.42. The van der Waals surface area contributed by atoms with Crippen molar-refractivity contribution in [3.8, 4) is 0 Å². The summed E-state index contributed by atoms with van der Waals surface area (Å²) in [6.45, 7) is 11.5. The van der Waals surface area contributed by atoms with Crippen molar-refractivity contribution in [2.75, 3.05) is 13.2 Å². The van der Waals surface area contributed by atoms with Crippen LogP contribution in [-0.2, 0) is 19.1 Å². The summed E-state index contributed by atoms with van der Waals surface area (Å²) in [5.41, 5.74) is 0.101. The van der Waals surface area contributed by atoms with Crippen LogP contribution >= 0.6 is 0 Å². The van der Waals surface area contributed by atoms with Crippen molar-refractivity contribution >= 4 is 17.5 Å². The first-order valence-corrected chi connectivity index (χ1v) is 7.70. The zero-order valence-electron chi connectivity index (χ0n) is 13.8. The minimum atomic E-state index is -1.44. The topological polar surface area (TPSA) is 52.6 Å². The summed E-state index contributed by atoms with van der Waals surface area (Å²) in [5.74, 6) is -1.20. The SMILES string of the molecule is C=CCC(CC(=C)c1ccccc1)(C(=O)OCC)C(=O)OCC. The Morgan fingerprint density at radius 3 is 2.04 bits per heavy atom. The minimum absolute atomic E-state index is 0.126. The molecule has 1 aromatic carbocycles. The van der Waals surface area contributed by atoms with E-state index in [-0.39, 0.29) is 26.1 Å². The molecule has 4 heteroatoms. The van der Waals surface area contributed by atoms with Gasteiger partial charge in [0.2, 0.25) is 0 Å². The molecule has 0 saturated heterocycles. The van der Waals surface area contributed by atoms with Crippen LogP contribution in [-0.4, -0.2) is 25.2 Å². The number of carbonyl (C=O) groups is 2. The number of hydrogen-bond donors (Lipinski definition) is 0. The molecule has 0 atom stereocenters. The van der Waals surface area contributed by atoms with Crippen LogP contribution in [0, 0.1) is 5.41 Å². The highest BCUT2D eigenvalue weighted by Crippen LogP contribution is 2.37. The summed E-state index contributed by atoms with van der Waals surface area (Å²) in [7, 11) is 0. The lowest BCUT2D eigenvalue weighted by Gasteiger charge is -2.29. The van der Waals surface area contributed by atoms with E-state index >= 15 is 0 Å². The minimum Gasteiger partial charge on any atom is -0.465 e. The van der Waals surface area contributed by atoms with Gasteiger partial charge in [-0.1, -0.05) is 43.0 Å². The van der Waals surface area contributed by atoms with E-state index in [1.54, 1.807) is 13.8 Å². The molecule has 0 spiro atoms. The van der Waals surface area contributed by atoms with Crippen LogP contribution < -0.4 is 0 Å². The van der Waals surface area contributed by atoms with Crippen LogP contribution in [0.5, 0.6) is 0 Å². The second-order valence-electron chi connectivity index (χ2n) is 5.16. The zero-order valence-corrected chi connectivity index (χ0v) is 13.8. The fourth-order valence-corrected chi connectivity index (χ4v) is 2.39. The fraction of sp³-hybridized carbons (Fsp3) is 0.368. The second-order valence-corrected chi connectivity index (χ2v) is 5.16. The third-order valence-corrected chi connectivity index (χ3v) is 3.52. The number of carbonyl (C=O) groups excluding carboxylic acids is 2. The zero-order chi connectivity index (χ0) is 17.3. The Hall–Kier alpha value is -2.36. The maximum absolute atomic E-state index is 12.5. The molecule has 0 unspecified atom stereocenters. The second kappa shape index (κ2) is 8.93. The first-order valence-electron chi connectivity index (χ1n) is 7.70. The molecular weight excluding hydrogens is 292 g/mol. The van der Waals surface area contributed by atoms with E-state index in [0.29, 0.717) is 5.57 Å². The average molecular weight is 316 g/mol. The first-order chi connectivity index (χ1) is 11.0. The summed E-state index contributed by atoms with van der Waals surface area (Å²) >= 11 is 0. The van der Waals surface area contributed by atoms with Gasteiger partial charge in [-0.2, -0.15) is 0 Å². The molecule has 23 heavy (non-hydrogen) atoms. The van der Waals surface area contributed by atoms with Gasteiger partial charge in [-0.15, -0.1) is 6.58 Å². The summed E-state index contributed by atoms with van der Waals surface area (Å²) in [6.07, 6.45) is 1.79. The number of esters is 2. The van der Waals surface area contributed by atoms with Crippen LogP contribution in [0.15, 0.2) is 49.6 Å². The fourth-order valence-electron chi connectivity index (χ4n) is 2.39. The van der Waals surface area contributed by atoms with E-state index in [4.69, 9.17) is 9.47 Å². The molecule has 0 aromatic heterocycles. The third kappa shape index (κ3) is 4.55. The van der Waals surface area contributed by atoms with Crippen LogP contribution in [0.2, 0.25) is 0 Å². The largest absolute Gasteiger partial charge is 0.465 e. The molecule has 0 saturated carbocycles. The van der Waals surface area contributed by atoms with E-state index in [0.717, 1.165) is 5.56 Å². The number of benzene rings is 1. The quantitative estimate of drug-likeness (QED) is 0.395. The van der Waals surface area contributed by atoms with E-state index in [9.17, 15) is 9.59 Å². The van der Waals surface area contributed by atoms with Gasteiger partial charge < -0.3 is 9.47 Å². The van der Waals surface area contributed by atoms with E-state index in [1.807, 2.05) is 30.3 Å². The van der Waals surface area contributed by atoms with Crippen LogP contribution in [0.25, 0.3) is 5.57 Å². The first kappa shape index (κ1) is 18.7. The predicted octanol–water partition coefficient (Wildman–Crippen LogP) is 3.78. The number of allylic oxidation sites excluding steroid dienone is 2. The van der Waals surface area contributed by atoms with E-state index < -0.39 is 17.4 Å². The molecule has 1 rings (SSSR count). The van der Waals surface area contributed by atoms with E-state index in [2.05, 4.69) is 13.2 Å². The highest BCUT2D eigenvalue weighted by atomic mass is 16.6. The van der Waals surface area contributed by atoms with Gasteiger partial charge in [-0.05, 0) is 37.8 Å². The highest BCUT2D eigenvalue weighted by Gasteiger charge is 2.48. The van der Waals surface area contributed by atoms with Crippen molar-refractivity contribution in [2.24, 2.45) is 5.41 Å². The van der Waals surface area contributed by atoms with E-state index in [1.165, 1.54) is 6.08 Å². The van der Waals surface area contributed by atoms with Crippen molar-refractivity contribution in [3.05, 3.63) is 55.1 Å². The Kier molecular flexibility index (Phi) is 7.26.